The Morgan fingerprint density at radius 2 is 2.10 bits per heavy atom. The molecule has 20 heavy (non-hydrogen) atoms. The van der Waals surface area contributed by atoms with E-state index in [-0.39, 0.29) is 5.82 Å². The van der Waals surface area contributed by atoms with E-state index in [9.17, 15) is 9.50 Å². The van der Waals surface area contributed by atoms with Crippen LogP contribution in [0, 0.1) is 5.82 Å². The van der Waals surface area contributed by atoms with Gasteiger partial charge in [-0.15, -0.1) is 11.3 Å². The maximum absolute atomic E-state index is 13.2. The van der Waals surface area contributed by atoms with Crippen molar-refractivity contribution in [3.8, 4) is 5.75 Å². The SMILES string of the molecule is CC(C)c1nc(COc2ccc(F)cc2[C@H](C)O)cs1. The fourth-order valence-electron chi connectivity index (χ4n) is 1.78. The lowest BCUT2D eigenvalue weighted by molar-refractivity contribution is 0.189. The van der Waals surface area contributed by atoms with Crippen molar-refractivity contribution >= 4 is 11.3 Å². The number of hydrogen-bond donors (Lipinski definition) is 1. The molecule has 0 saturated carbocycles. The first-order chi connectivity index (χ1) is 9.47. The molecule has 1 aromatic heterocycles. The van der Waals surface area contributed by atoms with Gasteiger partial charge in [0.15, 0.2) is 0 Å². The number of benzene rings is 1. The first-order valence-electron chi connectivity index (χ1n) is 6.52. The largest absolute Gasteiger partial charge is 0.487 e. The Morgan fingerprint density at radius 1 is 1.35 bits per heavy atom. The van der Waals surface area contributed by atoms with Gasteiger partial charge in [0, 0.05) is 16.9 Å². The molecule has 0 aliphatic carbocycles. The van der Waals surface area contributed by atoms with E-state index in [4.69, 9.17) is 4.74 Å². The molecular weight excluding hydrogens is 277 g/mol. The van der Waals surface area contributed by atoms with E-state index in [1.54, 1.807) is 18.3 Å². The Morgan fingerprint density at radius 3 is 2.70 bits per heavy atom. The molecule has 3 nitrogen and oxygen atoms in total. The third-order valence-corrected chi connectivity index (χ3v) is 4.05. The summed E-state index contributed by atoms with van der Waals surface area (Å²) in [5.74, 6) is 0.497. The van der Waals surface area contributed by atoms with E-state index in [1.165, 1.54) is 18.2 Å². The number of hydrogen-bond acceptors (Lipinski definition) is 4. The monoisotopic (exact) mass is 295 g/mol. The molecule has 0 amide bonds. The standard InChI is InChI=1S/C15H18FNO2S/c1-9(2)15-17-12(8-20-15)7-19-14-5-4-11(16)6-13(14)10(3)18/h4-6,8-10,18H,7H2,1-3H3/t10-/m0/s1. The van der Waals surface area contributed by atoms with Gasteiger partial charge in [0.1, 0.15) is 18.2 Å². The molecule has 1 aromatic carbocycles. The molecule has 0 aliphatic heterocycles. The van der Waals surface area contributed by atoms with E-state index in [2.05, 4.69) is 18.8 Å². The number of nitrogens with zero attached hydrogens (tertiary/aromatic N) is 1. The minimum Gasteiger partial charge on any atom is -0.487 e. The first-order valence-corrected chi connectivity index (χ1v) is 7.40. The average molecular weight is 295 g/mol. The quantitative estimate of drug-likeness (QED) is 0.905. The van der Waals surface area contributed by atoms with Crippen LogP contribution in [0.4, 0.5) is 4.39 Å². The minimum atomic E-state index is -0.776. The number of aliphatic hydroxyl groups excluding tert-OH is 1. The fourth-order valence-corrected chi connectivity index (χ4v) is 2.60. The molecule has 1 atom stereocenters. The zero-order valence-electron chi connectivity index (χ0n) is 11.8. The summed E-state index contributed by atoms with van der Waals surface area (Å²) in [6, 6.07) is 4.15. The number of ether oxygens (including phenoxy) is 1. The number of thiazole rings is 1. The molecule has 0 radical (unpaired) electrons. The number of rotatable bonds is 5. The van der Waals surface area contributed by atoms with Gasteiger partial charge in [-0.2, -0.15) is 0 Å². The number of aliphatic hydroxyl groups is 1. The van der Waals surface area contributed by atoms with Gasteiger partial charge in [0.25, 0.3) is 0 Å². The van der Waals surface area contributed by atoms with E-state index in [0.717, 1.165) is 10.7 Å². The maximum Gasteiger partial charge on any atom is 0.131 e. The second-order valence-electron chi connectivity index (χ2n) is 4.98. The smallest absolute Gasteiger partial charge is 0.131 e. The van der Waals surface area contributed by atoms with Crippen LogP contribution in [0.25, 0.3) is 0 Å². The molecule has 1 heterocycles. The summed E-state index contributed by atoms with van der Waals surface area (Å²) in [5.41, 5.74) is 1.30. The molecule has 1 N–H and O–H groups in total. The van der Waals surface area contributed by atoms with Gasteiger partial charge in [-0.05, 0) is 25.1 Å². The molecule has 0 aliphatic rings. The van der Waals surface area contributed by atoms with Gasteiger partial charge < -0.3 is 9.84 Å². The van der Waals surface area contributed by atoms with Gasteiger partial charge >= 0.3 is 0 Å². The van der Waals surface area contributed by atoms with E-state index in [1.807, 2.05) is 5.38 Å². The van der Waals surface area contributed by atoms with Gasteiger partial charge in [0.2, 0.25) is 0 Å². The van der Waals surface area contributed by atoms with Crippen LogP contribution >= 0.6 is 11.3 Å². The molecule has 5 heteroatoms. The van der Waals surface area contributed by atoms with Gasteiger partial charge in [-0.25, -0.2) is 9.37 Å². The molecular formula is C15H18FNO2S. The highest BCUT2D eigenvalue weighted by Crippen LogP contribution is 2.27. The second kappa shape index (κ2) is 6.33. The maximum atomic E-state index is 13.2. The summed E-state index contributed by atoms with van der Waals surface area (Å²) in [7, 11) is 0. The minimum absolute atomic E-state index is 0.314. The van der Waals surface area contributed by atoms with E-state index in [0.29, 0.717) is 23.8 Å². The summed E-state index contributed by atoms with van der Waals surface area (Å²) in [4.78, 5) is 4.47. The topological polar surface area (TPSA) is 42.4 Å². The van der Waals surface area contributed by atoms with E-state index < -0.39 is 6.10 Å². The Kier molecular flexibility index (Phi) is 4.73. The van der Waals surface area contributed by atoms with Crippen molar-refractivity contribution in [1.29, 1.82) is 0 Å². The summed E-state index contributed by atoms with van der Waals surface area (Å²) >= 11 is 1.61. The van der Waals surface area contributed by atoms with Crippen LogP contribution in [0.2, 0.25) is 0 Å². The van der Waals surface area contributed by atoms with Gasteiger partial charge in [-0.1, -0.05) is 13.8 Å². The van der Waals surface area contributed by atoms with Crippen molar-refractivity contribution in [2.24, 2.45) is 0 Å². The van der Waals surface area contributed by atoms with Crippen LogP contribution in [0.5, 0.6) is 5.75 Å². The summed E-state index contributed by atoms with van der Waals surface area (Å²) in [6.07, 6.45) is -0.776. The summed E-state index contributed by atoms with van der Waals surface area (Å²) in [6.45, 7) is 6.08. The van der Waals surface area contributed by atoms with Crippen LogP contribution < -0.4 is 4.74 Å². The average Bonchev–Trinajstić information content (AvgIpc) is 2.86. The van der Waals surface area contributed by atoms with E-state index >= 15 is 0 Å². The zero-order valence-corrected chi connectivity index (χ0v) is 12.6. The highest BCUT2D eigenvalue weighted by molar-refractivity contribution is 7.09. The van der Waals surface area contributed by atoms with Gasteiger partial charge in [0.05, 0.1) is 16.8 Å². The first kappa shape index (κ1) is 14.9. The van der Waals surface area contributed by atoms with Crippen molar-refractivity contribution in [3.63, 3.8) is 0 Å². The zero-order chi connectivity index (χ0) is 14.7. The van der Waals surface area contributed by atoms with Crippen molar-refractivity contribution in [3.05, 3.63) is 45.7 Å². The molecule has 0 fully saturated rings. The molecule has 0 saturated heterocycles. The van der Waals surface area contributed by atoms with Crippen LogP contribution in [-0.2, 0) is 6.61 Å². The van der Waals surface area contributed by atoms with Crippen LogP contribution in [-0.4, -0.2) is 10.1 Å². The summed E-state index contributed by atoms with van der Waals surface area (Å²) in [5, 5.41) is 12.7. The fraction of sp³-hybridized carbons (Fsp3) is 0.400. The molecule has 0 bridgehead atoms. The number of halogens is 1. The summed E-state index contributed by atoms with van der Waals surface area (Å²) < 4.78 is 18.8. The molecule has 2 rings (SSSR count). The highest BCUT2D eigenvalue weighted by Gasteiger charge is 2.12. The third-order valence-electron chi connectivity index (χ3n) is 2.86. The highest BCUT2D eigenvalue weighted by atomic mass is 32.1. The predicted molar refractivity (Wildman–Crippen MR) is 77.6 cm³/mol. The Bertz CT molecular complexity index is 581. The van der Waals surface area contributed by atoms with Crippen molar-refractivity contribution in [1.82, 2.24) is 4.98 Å². The van der Waals surface area contributed by atoms with Gasteiger partial charge in [-0.3, -0.25) is 0 Å². The lowest BCUT2D eigenvalue weighted by Crippen LogP contribution is -2.02. The van der Waals surface area contributed by atoms with Crippen LogP contribution in [0.3, 0.4) is 0 Å². The van der Waals surface area contributed by atoms with Crippen LogP contribution in [0.15, 0.2) is 23.6 Å². The molecule has 0 spiro atoms. The molecule has 2 aromatic rings. The number of aromatic nitrogens is 1. The molecule has 0 unspecified atom stereocenters. The second-order valence-corrected chi connectivity index (χ2v) is 5.87. The Balaban J connectivity index is 2.10. The lowest BCUT2D eigenvalue weighted by atomic mass is 10.1. The predicted octanol–water partition coefficient (Wildman–Crippen LogP) is 4.04. The van der Waals surface area contributed by atoms with Crippen molar-refractivity contribution in [2.45, 2.75) is 39.4 Å². The molecule has 108 valence electrons. The van der Waals surface area contributed by atoms with Crippen molar-refractivity contribution in [2.75, 3.05) is 0 Å². The van der Waals surface area contributed by atoms with Crippen molar-refractivity contribution < 1.29 is 14.2 Å². The van der Waals surface area contributed by atoms with Crippen LogP contribution in [0.1, 0.15) is 49.1 Å². The Labute approximate surface area is 122 Å². The Hall–Kier alpha value is -1.46. The normalized spacial score (nSPS) is 12.7. The third kappa shape index (κ3) is 3.55. The lowest BCUT2D eigenvalue weighted by Gasteiger charge is -2.12.